The van der Waals surface area contributed by atoms with E-state index in [1.165, 1.54) is 11.3 Å². The zero-order valence-electron chi connectivity index (χ0n) is 15.6. The van der Waals surface area contributed by atoms with Gasteiger partial charge >= 0.3 is 0 Å². The number of nitrogens with zero attached hydrogens (tertiary/aromatic N) is 2. The number of rotatable bonds is 7. The van der Waals surface area contributed by atoms with E-state index < -0.39 is 0 Å². The maximum atomic E-state index is 5.98. The molecule has 1 saturated heterocycles. The molecule has 1 fully saturated rings. The molecule has 2 aromatic rings. The minimum atomic E-state index is 0.172. The number of hydrogen-bond donors (Lipinski definition) is 0. The fraction of sp³-hybridized carbons (Fsp3) is 0.455. The zero-order chi connectivity index (χ0) is 18.5. The lowest BCUT2D eigenvalue weighted by atomic mass is 10.1. The van der Waals surface area contributed by atoms with Gasteiger partial charge < -0.3 is 14.4 Å². The van der Waals surface area contributed by atoms with Gasteiger partial charge in [-0.05, 0) is 42.3 Å². The van der Waals surface area contributed by atoms with Crippen molar-refractivity contribution in [2.75, 3.05) is 50.8 Å². The second kappa shape index (κ2) is 8.96. The van der Waals surface area contributed by atoms with Gasteiger partial charge in [0.1, 0.15) is 11.9 Å². The van der Waals surface area contributed by atoms with E-state index in [1.54, 1.807) is 0 Å². The first-order valence-electron chi connectivity index (χ1n) is 9.83. The van der Waals surface area contributed by atoms with Crippen LogP contribution in [0, 0.1) is 0 Å². The van der Waals surface area contributed by atoms with Crippen molar-refractivity contribution >= 4 is 17.3 Å². The monoisotopic (exact) mass is 386 g/mol. The van der Waals surface area contributed by atoms with E-state index >= 15 is 0 Å². The predicted octanol–water partition coefficient (Wildman–Crippen LogP) is 3.87. The Morgan fingerprint density at radius 2 is 1.78 bits per heavy atom. The molecule has 4 rings (SSSR count). The lowest BCUT2D eigenvalue weighted by Crippen LogP contribution is -2.46. The number of piperazine rings is 1. The number of anilines is 1. The van der Waals surface area contributed by atoms with Crippen molar-refractivity contribution in [1.29, 1.82) is 0 Å². The molecule has 0 aliphatic carbocycles. The highest BCUT2D eigenvalue weighted by atomic mass is 35.5. The fourth-order valence-corrected chi connectivity index (χ4v) is 3.96. The number of para-hydroxylation sites is 1. The molecule has 4 nitrogen and oxygen atoms in total. The molecule has 0 spiro atoms. The average Bonchev–Trinajstić information content (AvgIpc) is 3.12. The molecule has 0 radical (unpaired) electrons. The second-order valence-electron chi connectivity index (χ2n) is 7.29. The number of ether oxygens (including phenoxy) is 2. The summed E-state index contributed by atoms with van der Waals surface area (Å²) >= 11 is 5.98. The van der Waals surface area contributed by atoms with Crippen molar-refractivity contribution < 1.29 is 9.47 Å². The van der Waals surface area contributed by atoms with Crippen LogP contribution in [0.1, 0.15) is 12.0 Å². The normalized spacial score (nSPS) is 19.7. The number of hydrogen-bond acceptors (Lipinski definition) is 4. The van der Waals surface area contributed by atoms with Crippen molar-refractivity contribution in [3.8, 4) is 5.75 Å². The quantitative estimate of drug-likeness (QED) is 0.674. The molecule has 1 atom stereocenters. The summed E-state index contributed by atoms with van der Waals surface area (Å²) in [6, 6.07) is 16.4. The second-order valence-corrected chi connectivity index (χ2v) is 7.72. The number of fused-ring (bicyclic) bond motifs is 1. The SMILES string of the molecule is Clc1ccc(N2CCN(CCCOCC3Cc4ccccc4O3)CC2)cc1. The molecule has 27 heavy (non-hydrogen) atoms. The van der Waals surface area contributed by atoms with Crippen LogP contribution in [0.15, 0.2) is 48.5 Å². The summed E-state index contributed by atoms with van der Waals surface area (Å²) in [6.45, 7) is 6.91. The van der Waals surface area contributed by atoms with Gasteiger partial charge in [-0.2, -0.15) is 0 Å². The van der Waals surface area contributed by atoms with Crippen LogP contribution in [0.3, 0.4) is 0 Å². The van der Waals surface area contributed by atoms with Crippen molar-refractivity contribution in [2.24, 2.45) is 0 Å². The van der Waals surface area contributed by atoms with Crippen LogP contribution >= 0.6 is 11.6 Å². The van der Waals surface area contributed by atoms with Crippen LogP contribution in [0.25, 0.3) is 0 Å². The van der Waals surface area contributed by atoms with E-state index in [9.17, 15) is 0 Å². The Morgan fingerprint density at radius 1 is 1.00 bits per heavy atom. The summed E-state index contributed by atoms with van der Waals surface area (Å²) in [5, 5.41) is 0.796. The van der Waals surface area contributed by atoms with E-state index in [2.05, 4.69) is 34.1 Å². The summed E-state index contributed by atoms with van der Waals surface area (Å²) in [7, 11) is 0. The first-order chi connectivity index (χ1) is 13.3. The minimum Gasteiger partial charge on any atom is -0.487 e. The molecule has 0 bridgehead atoms. The molecule has 0 saturated carbocycles. The summed E-state index contributed by atoms with van der Waals surface area (Å²) in [5.74, 6) is 1.02. The Hall–Kier alpha value is -1.75. The van der Waals surface area contributed by atoms with E-state index in [1.807, 2.05) is 24.3 Å². The van der Waals surface area contributed by atoms with Crippen molar-refractivity contribution in [3.05, 3.63) is 59.1 Å². The molecule has 2 aliphatic rings. The Bertz CT molecular complexity index is 704. The standard InChI is InChI=1S/C22H27ClN2O2/c23-19-6-8-20(9-7-19)25-13-11-24(12-14-25)10-3-15-26-17-21-16-18-4-1-2-5-22(18)27-21/h1-2,4-9,21H,3,10-17H2. The van der Waals surface area contributed by atoms with Gasteiger partial charge in [0.2, 0.25) is 0 Å². The van der Waals surface area contributed by atoms with Gasteiger partial charge in [0.25, 0.3) is 0 Å². The molecule has 0 amide bonds. The van der Waals surface area contributed by atoms with Crippen LogP contribution in [-0.4, -0.2) is 56.9 Å². The third-order valence-corrected chi connectivity index (χ3v) is 5.60. The van der Waals surface area contributed by atoms with Gasteiger partial charge in [-0.15, -0.1) is 0 Å². The Labute approximate surface area is 166 Å². The third-order valence-electron chi connectivity index (χ3n) is 5.34. The number of halogens is 1. The Balaban J connectivity index is 1.09. The summed E-state index contributed by atoms with van der Waals surface area (Å²) in [4.78, 5) is 4.95. The Morgan fingerprint density at radius 3 is 2.56 bits per heavy atom. The van der Waals surface area contributed by atoms with Crippen LogP contribution in [0.2, 0.25) is 5.02 Å². The van der Waals surface area contributed by atoms with Crippen LogP contribution in [0.5, 0.6) is 5.75 Å². The van der Waals surface area contributed by atoms with Gasteiger partial charge in [-0.25, -0.2) is 0 Å². The van der Waals surface area contributed by atoms with E-state index in [4.69, 9.17) is 21.1 Å². The third kappa shape index (κ3) is 4.95. The predicted molar refractivity (Wildman–Crippen MR) is 110 cm³/mol. The van der Waals surface area contributed by atoms with Crippen LogP contribution in [-0.2, 0) is 11.2 Å². The lowest BCUT2D eigenvalue weighted by molar-refractivity contribution is 0.0550. The first-order valence-corrected chi connectivity index (χ1v) is 10.2. The molecule has 144 valence electrons. The maximum Gasteiger partial charge on any atom is 0.126 e. The van der Waals surface area contributed by atoms with E-state index in [-0.39, 0.29) is 6.10 Å². The van der Waals surface area contributed by atoms with Crippen molar-refractivity contribution in [3.63, 3.8) is 0 Å². The molecule has 2 heterocycles. The van der Waals surface area contributed by atoms with E-state index in [0.717, 1.165) is 62.9 Å². The largest absolute Gasteiger partial charge is 0.487 e. The van der Waals surface area contributed by atoms with Crippen LogP contribution < -0.4 is 9.64 Å². The fourth-order valence-electron chi connectivity index (χ4n) is 3.83. The van der Waals surface area contributed by atoms with Gasteiger partial charge in [0, 0.05) is 56.5 Å². The molecule has 5 heteroatoms. The van der Waals surface area contributed by atoms with Gasteiger partial charge in [0.15, 0.2) is 0 Å². The summed E-state index contributed by atoms with van der Waals surface area (Å²) in [6.07, 6.45) is 2.20. The van der Waals surface area contributed by atoms with Crippen molar-refractivity contribution in [1.82, 2.24) is 4.90 Å². The first kappa shape index (κ1) is 18.6. The molecule has 2 aliphatic heterocycles. The smallest absolute Gasteiger partial charge is 0.126 e. The molecular weight excluding hydrogens is 360 g/mol. The highest BCUT2D eigenvalue weighted by Gasteiger charge is 2.22. The maximum absolute atomic E-state index is 5.98. The molecule has 0 N–H and O–H groups in total. The van der Waals surface area contributed by atoms with Crippen molar-refractivity contribution in [2.45, 2.75) is 18.9 Å². The lowest BCUT2D eigenvalue weighted by Gasteiger charge is -2.36. The van der Waals surface area contributed by atoms with Gasteiger partial charge in [-0.1, -0.05) is 29.8 Å². The summed E-state index contributed by atoms with van der Waals surface area (Å²) in [5.41, 5.74) is 2.56. The highest BCUT2D eigenvalue weighted by Crippen LogP contribution is 2.28. The Kier molecular flexibility index (Phi) is 6.17. The van der Waals surface area contributed by atoms with Gasteiger partial charge in [0.05, 0.1) is 6.61 Å². The molecule has 2 aromatic carbocycles. The average molecular weight is 387 g/mol. The van der Waals surface area contributed by atoms with Gasteiger partial charge in [-0.3, -0.25) is 4.90 Å². The van der Waals surface area contributed by atoms with Crippen LogP contribution in [0.4, 0.5) is 5.69 Å². The van der Waals surface area contributed by atoms with E-state index in [0.29, 0.717) is 6.61 Å². The topological polar surface area (TPSA) is 24.9 Å². The highest BCUT2D eigenvalue weighted by molar-refractivity contribution is 6.30. The summed E-state index contributed by atoms with van der Waals surface area (Å²) < 4.78 is 11.8. The zero-order valence-corrected chi connectivity index (χ0v) is 16.4. The molecular formula is C22H27ClN2O2. The number of benzene rings is 2. The minimum absolute atomic E-state index is 0.172. The molecule has 1 unspecified atom stereocenters. The molecule has 0 aromatic heterocycles.